The van der Waals surface area contributed by atoms with E-state index < -0.39 is 0 Å². The molecule has 0 saturated heterocycles. The van der Waals surface area contributed by atoms with Crippen LogP contribution in [-0.2, 0) is 0 Å². The molecule has 2 rings (SSSR count). The Balaban J connectivity index is 2.03. The number of carbonyl (C=O) groups is 1. The zero-order valence-corrected chi connectivity index (χ0v) is 13.3. The van der Waals surface area contributed by atoms with E-state index >= 15 is 0 Å². The molecule has 0 heterocycles. The minimum Gasteiger partial charge on any atom is -0.294 e. The van der Waals surface area contributed by atoms with Crippen molar-refractivity contribution in [2.75, 3.05) is 7.05 Å². The van der Waals surface area contributed by atoms with E-state index in [-0.39, 0.29) is 11.8 Å². The van der Waals surface area contributed by atoms with Crippen molar-refractivity contribution in [3.8, 4) is 0 Å². The molecule has 19 heavy (non-hydrogen) atoms. The Labute approximate surface area is 124 Å². The number of Topliss-reactive ketones (excluding diaryl/α,β-unsaturated/α-hetero) is 1. The molecule has 1 aromatic carbocycles. The highest BCUT2D eigenvalue weighted by atomic mass is 79.9. The molecule has 3 heteroatoms. The van der Waals surface area contributed by atoms with E-state index in [1.54, 1.807) is 0 Å². The molecule has 1 aromatic rings. The van der Waals surface area contributed by atoms with Crippen molar-refractivity contribution in [3.05, 3.63) is 34.3 Å². The molecular formula is C16H22BrNO. The first-order chi connectivity index (χ1) is 9.09. The number of hydrogen-bond acceptors (Lipinski definition) is 2. The van der Waals surface area contributed by atoms with Gasteiger partial charge in [0.05, 0.1) is 6.04 Å². The van der Waals surface area contributed by atoms with Gasteiger partial charge in [-0.3, -0.25) is 9.69 Å². The number of likely N-dealkylation sites (N-methyl/N-ethyl adjacent to an activating group) is 1. The van der Waals surface area contributed by atoms with Crippen molar-refractivity contribution >= 4 is 21.7 Å². The summed E-state index contributed by atoms with van der Waals surface area (Å²) in [4.78, 5) is 14.8. The molecule has 1 fully saturated rings. The molecule has 0 bridgehead atoms. The number of nitrogens with zero attached hydrogens (tertiary/aromatic N) is 1. The summed E-state index contributed by atoms with van der Waals surface area (Å²) in [6.45, 7) is 2.03. The standard InChI is InChI=1S/C16H22BrNO/c1-12(18(2)15-6-4-3-5-7-15)16(19)13-8-10-14(17)11-9-13/h8-12,15H,3-7H2,1-2H3. The maximum absolute atomic E-state index is 12.5. The van der Waals surface area contributed by atoms with Gasteiger partial charge in [0.15, 0.2) is 5.78 Å². The lowest BCUT2D eigenvalue weighted by Gasteiger charge is -2.34. The first kappa shape index (κ1) is 14.7. The maximum atomic E-state index is 12.5. The van der Waals surface area contributed by atoms with E-state index in [2.05, 4.69) is 27.9 Å². The highest BCUT2D eigenvalue weighted by Gasteiger charge is 2.26. The predicted molar refractivity (Wildman–Crippen MR) is 82.6 cm³/mol. The molecule has 0 aromatic heterocycles. The third-order valence-electron chi connectivity index (χ3n) is 4.27. The lowest BCUT2D eigenvalue weighted by Crippen LogP contribution is -2.43. The highest BCUT2D eigenvalue weighted by molar-refractivity contribution is 9.10. The second-order valence-corrected chi connectivity index (χ2v) is 6.42. The molecule has 0 radical (unpaired) electrons. The van der Waals surface area contributed by atoms with Crippen LogP contribution in [0.1, 0.15) is 49.4 Å². The number of ketones is 1. The minimum atomic E-state index is -0.0377. The largest absolute Gasteiger partial charge is 0.294 e. The first-order valence-corrected chi connectivity index (χ1v) is 7.90. The van der Waals surface area contributed by atoms with Crippen LogP contribution in [0.4, 0.5) is 0 Å². The van der Waals surface area contributed by atoms with Gasteiger partial charge in [0.25, 0.3) is 0 Å². The normalized spacial score (nSPS) is 18.5. The summed E-state index contributed by atoms with van der Waals surface area (Å²) in [7, 11) is 2.09. The number of halogens is 1. The van der Waals surface area contributed by atoms with Crippen molar-refractivity contribution in [1.29, 1.82) is 0 Å². The molecule has 0 spiro atoms. The number of carbonyl (C=O) groups excluding carboxylic acids is 1. The van der Waals surface area contributed by atoms with Crippen molar-refractivity contribution in [2.45, 2.75) is 51.1 Å². The van der Waals surface area contributed by atoms with Crippen LogP contribution < -0.4 is 0 Å². The van der Waals surface area contributed by atoms with Crippen LogP contribution in [0.3, 0.4) is 0 Å². The van der Waals surface area contributed by atoms with Gasteiger partial charge in [-0.15, -0.1) is 0 Å². The summed E-state index contributed by atoms with van der Waals surface area (Å²) in [6.07, 6.45) is 6.41. The Bertz CT molecular complexity index is 423. The van der Waals surface area contributed by atoms with Gasteiger partial charge in [-0.05, 0) is 38.9 Å². The monoisotopic (exact) mass is 323 g/mol. The van der Waals surface area contributed by atoms with Gasteiger partial charge >= 0.3 is 0 Å². The third kappa shape index (κ3) is 3.67. The zero-order chi connectivity index (χ0) is 13.8. The molecule has 0 amide bonds. The van der Waals surface area contributed by atoms with Crippen LogP contribution in [0.25, 0.3) is 0 Å². The van der Waals surface area contributed by atoms with Gasteiger partial charge in [-0.2, -0.15) is 0 Å². The van der Waals surface area contributed by atoms with Crippen molar-refractivity contribution in [3.63, 3.8) is 0 Å². The summed E-state index contributed by atoms with van der Waals surface area (Å²) in [5, 5.41) is 0. The van der Waals surface area contributed by atoms with Crippen LogP contribution in [0, 0.1) is 0 Å². The number of benzene rings is 1. The van der Waals surface area contributed by atoms with Crippen molar-refractivity contribution in [1.82, 2.24) is 4.90 Å². The van der Waals surface area contributed by atoms with Gasteiger partial charge in [-0.1, -0.05) is 47.3 Å². The van der Waals surface area contributed by atoms with Gasteiger partial charge in [-0.25, -0.2) is 0 Å². The van der Waals surface area contributed by atoms with Gasteiger partial charge < -0.3 is 0 Å². The summed E-state index contributed by atoms with van der Waals surface area (Å²) in [5.74, 6) is 0.223. The lowest BCUT2D eigenvalue weighted by molar-refractivity contribution is 0.0778. The van der Waals surface area contributed by atoms with Crippen LogP contribution in [0.5, 0.6) is 0 Å². The average Bonchev–Trinajstić information content (AvgIpc) is 2.46. The first-order valence-electron chi connectivity index (χ1n) is 7.11. The van der Waals surface area contributed by atoms with E-state index in [1.165, 1.54) is 32.1 Å². The minimum absolute atomic E-state index is 0.0377. The molecule has 0 aliphatic heterocycles. The van der Waals surface area contributed by atoms with E-state index in [1.807, 2.05) is 31.2 Å². The van der Waals surface area contributed by atoms with Gasteiger partial charge in [0, 0.05) is 16.1 Å². The molecule has 1 atom stereocenters. The molecule has 1 aliphatic carbocycles. The van der Waals surface area contributed by atoms with E-state index in [0.717, 1.165) is 10.0 Å². The fourth-order valence-electron chi connectivity index (χ4n) is 2.84. The fourth-order valence-corrected chi connectivity index (χ4v) is 3.11. The Kier molecular flexibility index (Phi) is 5.17. The zero-order valence-electron chi connectivity index (χ0n) is 11.7. The highest BCUT2D eigenvalue weighted by Crippen LogP contribution is 2.24. The molecule has 1 aliphatic rings. The quantitative estimate of drug-likeness (QED) is 0.770. The van der Waals surface area contributed by atoms with Crippen LogP contribution in [0.15, 0.2) is 28.7 Å². The Morgan fingerprint density at radius 2 is 1.79 bits per heavy atom. The van der Waals surface area contributed by atoms with E-state index in [4.69, 9.17) is 0 Å². The predicted octanol–water partition coefficient (Wildman–Crippen LogP) is 4.28. The van der Waals surface area contributed by atoms with Gasteiger partial charge in [0.1, 0.15) is 0 Å². The topological polar surface area (TPSA) is 20.3 Å². The lowest BCUT2D eigenvalue weighted by atomic mass is 9.92. The summed E-state index contributed by atoms with van der Waals surface area (Å²) in [5.41, 5.74) is 0.804. The molecule has 104 valence electrons. The summed E-state index contributed by atoms with van der Waals surface area (Å²) in [6, 6.07) is 8.20. The molecule has 1 unspecified atom stereocenters. The second-order valence-electron chi connectivity index (χ2n) is 5.50. The molecule has 0 N–H and O–H groups in total. The van der Waals surface area contributed by atoms with Gasteiger partial charge in [0.2, 0.25) is 0 Å². The fraction of sp³-hybridized carbons (Fsp3) is 0.562. The molecular weight excluding hydrogens is 302 g/mol. The summed E-state index contributed by atoms with van der Waals surface area (Å²) >= 11 is 3.40. The molecule has 2 nitrogen and oxygen atoms in total. The van der Waals surface area contributed by atoms with E-state index in [9.17, 15) is 4.79 Å². The van der Waals surface area contributed by atoms with E-state index in [0.29, 0.717) is 6.04 Å². The SMILES string of the molecule is CC(C(=O)c1ccc(Br)cc1)N(C)C1CCCCC1. The average molecular weight is 324 g/mol. The van der Waals surface area contributed by atoms with Crippen LogP contribution >= 0.6 is 15.9 Å². The Hall–Kier alpha value is -0.670. The maximum Gasteiger partial charge on any atom is 0.179 e. The van der Waals surface area contributed by atoms with Crippen LogP contribution in [-0.4, -0.2) is 29.8 Å². The second kappa shape index (κ2) is 6.67. The Morgan fingerprint density at radius 1 is 1.21 bits per heavy atom. The van der Waals surface area contributed by atoms with Crippen molar-refractivity contribution in [2.24, 2.45) is 0 Å². The number of hydrogen-bond donors (Lipinski definition) is 0. The summed E-state index contributed by atoms with van der Waals surface area (Å²) < 4.78 is 1.01. The third-order valence-corrected chi connectivity index (χ3v) is 4.80. The smallest absolute Gasteiger partial charge is 0.179 e. The molecule has 1 saturated carbocycles. The van der Waals surface area contributed by atoms with Crippen molar-refractivity contribution < 1.29 is 4.79 Å². The van der Waals surface area contributed by atoms with Crippen LogP contribution in [0.2, 0.25) is 0 Å². The Morgan fingerprint density at radius 3 is 2.37 bits per heavy atom. The number of rotatable bonds is 4.